The number of rotatable bonds is 5. The third-order valence-corrected chi connectivity index (χ3v) is 4.68. The van der Waals surface area contributed by atoms with Crippen LogP contribution in [0, 0.1) is 10.1 Å². The molecule has 3 amide bonds. The number of piperazine rings is 1. The number of hydrogen-bond acceptors (Lipinski definition) is 5. The van der Waals surface area contributed by atoms with Gasteiger partial charge in [-0.1, -0.05) is 30.3 Å². The van der Waals surface area contributed by atoms with Crippen molar-refractivity contribution >= 4 is 23.3 Å². The van der Waals surface area contributed by atoms with Crippen molar-refractivity contribution in [2.24, 2.45) is 5.73 Å². The number of nitrogens with one attached hydrogen (secondary N) is 1. The Hall–Kier alpha value is -3.46. The number of anilines is 1. The normalized spacial score (nSPS) is 15.6. The number of nitrogens with two attached hydrogens (primary N) is 1. The van der Waals surface area contributed by atoms with E-state index in [9.17, 15) is 19.7 Å². The predicted molar refractivity (Wildman–Crippen MR) is 104 cm³/mol. The summed E-state index contributed by atoms with van der Waals surface area (Å²) >= 11 is 0. The molecule has 1 aliphatic rings. The monoisotopic (exact) mass is 383 g/mol. The first kappa shape index (κ1) is 19.3. The zero-order valence-corrected chi connectivity index (χ0v) is 15.2. The molecule has 0 aliphatic carbocycles. The van der Waals surface area contributed by atoms with E-state index in [-0.39, 0.29) is 11.7 Å². The molecule has 0 saturated carbocycles. The van der Waals surface area contributed by atoms with Crippen LogP contribution >= 0.6 is 0 Å². The fourth-order valence-corrected chi connectivity index (χ4v) is 3.24. The van der Waals surface area contributed by atoms with Gasteiger partial charge in [0, 0.05) is 44.0 Å². The molecule has 2 aromatic rings. The molecule has 0 spiro atoms. The molecule has 3 N–H and O–H groups in total. The van der Waals surface area contributed by atoms with Crippen molar-refractivity contribution in [3.63, 3.8) is 0 Å². The van der Waals surface area contributed by atoms with Gasteiger partial charge in [-0.15, -0.1) is 0 Å². The standard InChI is InChI=1S/C19H21N5O4/c20-18(25)17(14-4-2-1-3-5-14)22-10-12-23(13-11-22)19(26)21-15-6-8-16(9-7-15)24(27)28/h1-9,17H,10-13H2,(H2,20,25)(H,21,26). The highest BCUT2D eigenvalue weighted by molar-refractivity contribution is 5.89. The van der Waals surface area contributed by atoms with Crippen molar-refractivity contribution < 1.29 is 14.5 Å². The van der Waals surface area contributed by atoms with E-state index < -0.39 is 16.9 Å². The zero-order valence-electron chi connectivity index (χ0n) is 15.2. The average molecular weight is 383 g/mol. The molecule has 1 aliphatic heterocycles. The summed E-state index contributed by atoms with van der Waals surface area (Å²) in [6, 6.07) is 14.2. The number of hydrogen-bond donors (Lipinski definition) is 2. The summed E-state index contributed by atoms with van der Waals surface area (Å²) in [6.07, 6.45) is 0. The number of urea groups is 1. The maximum Gasteiger partial charge on any atom is 0.321 e. The van der Waals surface area contributed by atoms with Crippen LogP contribution < -0.4 is 11.1 Å². The van der Waals surface area contributed by atoms with Crippen molar-refractivity contribution in [3.8, 4) is 0 Å². The Morgan fingerprint density at radius 2 is 1.61 bits per heavy atom. The number of non-ortho nitro benzene ring substituents is 1. The van der Waals surface area contributed by atoms with E-state index in [0.29, 0.717) is 31.9 Å². The number of primary amides is 1. The lowest BCUT2D eigenvalue weighted by molar-refractivity contribution is -0.384. The molecule has 1 heterocycles. The molecule has 0 bridgehead atoms. The van der Waals surface area contributed by atoms with Gasteiger partial charge in [0.05, 0.1) is 4.92 Å². The third-order valence-electron chi connectivity index (χ3n) is 4.68. The summed E-state index contributed by atoms with van der Waals surface area (Å²) in [5, 5.41) is 13.4. The van der Waals surface area contributed by atoms with Crippen molar-refractivity contribution in [1.82, 2.24) is 9.80 Å². The summed E-state index contributed by atoms with van der Waals surface area (Å²) in [7, 11) is 0. The van der Waals surface area contributed by atoms with Crippen LogP contribution in [0.15, 0.2) is 54.6 Å². The molecule has 9 nitrogen and oxygen atoms in total. The van der Waals surface area contributed by atoms with E-state index in [1.54, 1.807) is 4.90 Å². The van der Waals surface area contributed by atoms with Gasteiger partial charge < -0.3 is 16.0 Å². The largest absolute Gasteiger partial charge is 0.368 e. The van der Waals surface area contributed by atoms with Gasteiger partial charge in [-0.25, -0.2) is 4.79 Å². The maximum absolute atomic E-state index is 12.4. The van der Waals surface area contributed by atoms with Crippen LogP contribution in [0.3, 0.4) is 0 Å². The molecule has 28 heavy (non-hydrogen) atoms. The quantitative estimate of drug-likeness (QED) is 0.604. The second kappa shape index (κ2) is 8.49. The Morgan fingerprint density at radius 1 is 1.00 bits per heavy atom. The fraction of sp³-hybridized carbons (Fsp3) is 0.263. The Labute approximate surface area is 161 Å². The van der Waals surface area contributed by atoms with Gasteiger partial charge in [0.15, 0.2) is 0 Å². The Morgan fingerprint density at radius 3 is 2.14 bits per heavy atom. The number of benzene rings is 2. The lowest BCUT2D eigenvalue weighted by Gasteiger charge is -2.38. The second-order valence-corrected chi connectivity index (χ2v) is 6.47. The lowest BCUT2D eigenvalue weighted by atomic mass is 10.0. The molecule has 0 aromatic heterocycles. The van der Waals surface area contributed by atoms with Gasteiger partial charge in [0.2, 0.25) is 5.91 Å². The van der Waals surface area contributed by atoms with Crippen molar-refractivity contribution in [2.75, 3.05) is 31.5 Å². The van der Waals surface area contributed by atoms with Crippen LogP contribution in [-0.2, 0) is 4.79 Å². The van der Waals surface area contributed by atoms with Gasteiger partial charge in [-0.05, 0) is 17.7 Å². The number of carbonyl (C=O) groups excluding carboxylic acids is 2. The summed E-state index contributed by atoms with van der Waals surface area (Å²) in [4.78, 5) is 38.2. The molecule has 1 unspecified atom stereocenters. The summed E-state index contributed by atoms with van der Waals surface area (Å²) in [6.45, 7) is 1.90. The first-order valence-electron chi connectivity index (χ1n) is 8.84. The van der Waals surface area contributed by atoms with E-state index >= 15 is 0 Å². The Bertz CT molecular complexity index is 848. The lowest BCUT2D eigenvalue weighted by Crippen LogP contribution is -2.52. The van der Waals surface area contributed by atoms with Crippen molar-refractivity contribution in [3.05, 3.63) is 70.3 Å². The summed E-state index contributed by atoms with van der Waals surface area (Å²) in [5.74, 6) is -0.421. The smallest absolute Gasteiger partial charge is 0.321 e. The van der Waals surface area contributed by atoms with E-state index in [1.807, 2.05) is 35.2 Å². The van der Waals surface area contributed by atoms with E-state index in [4.69, 9.17) is 5.73 Å². The molecule has 1 saturated heterocycles. The molecule has 3 rings (SSSR count). The maximum atomic E-state index is 12.4. The van der Waals surface area contributed by atoms with Crippen LogP contribution in [0.2, 0.25) is 0 Å². The van der Waals surface area contributed by atoms with Crippen LogP contribution in [0.25, 0.3) is 0 Å². The highest BCUT2D eigenvalue weighted by Crippen LogP contribution is 2.22. The Kier molecular flexibility index (Phi) is 5.85. The Balaban J connectivity index is 1.59. The fourth-order valence-electron chi connectivity index (χ4n) is 3.24. The van der Waals surface area contributed by atoms with Gasteiger partial charge in [0.1, 0.15) is 6.04 Å². The van der Waals surface area contributed by atoms with Crippen LogP contribution in [0.1, 0.15) is 11.6 Å². The minimum absolute atomic E-state index is 0.0370. The molecule has 1 atom stereocenters. The molecule has 9 heteroatoms. The topological polar surface area (TPSA) is 122 Å². The van der Waals surface area contributed by atoms with Crippen molar-refractivity contribution in [1.29, 1.82) is 0 Å². The van der Waals surface area contributed by atoms with Crippen LogP contribution in [0.5, 0.6) is 0 Å². The molecule has 2 aromatic carbocycles. The van der Waals surface area contributed by atoms with E-state index in [2.05, 4.69) is 5.32 Å². The van der Waals surface area contributed by atoms with E-state index in [1.165, 1.54) is 24.3 Å². The highest BCUT2D eigenvalue weighted by Gasteiger charge is 2.30. The number of nitrogens with zero attached hydrogens (tertiary/aromatic N) is 3. The van der Waals surface area contributed by atoms with Gasteiger partial charge in [-0.2, -0.15) is 0 Å². The minimum atomic E-state index is -0.527. The van der Waals surface area contributed by atoms with Crippen LogP contribution in [0.4, 0.5) is 16.2 Å². The summed E-state index contributed by atoms with van der Waals surface area (Å²) < 4.78 is 0. The molecule has 0 radical (unpaired) electrons. The number of nitro groups is 1. The predicted octanol–water partition coefficient (Wildman–Crippen LogP) is 1.97. The first-order chi connectivity index (χ1) is 13.5. The average Bonchev–Trinajstić information content (AvgIpc) is 2.69. The SMILES string of the molecule is NC(=O)C(c1ccccc1)N1CCN(C(=O)Nc2ccc([N+](=O)[O-])cc2)CC1. The molecule has 1 fully saturated rings. The molecule has 146 valence electrons. The van der Waals surface area contributed by atoms with Crippen molar-refractivity contribution in [2.45, 2.75) is 6.04 Å². The van der Waals surface area contributed by atoms with Gasteiger partial charge in [-0.3, -0.25) is 19.8 Å². The molecular formula is C19H21N5O4. The third kappa shape index (κ3) is 4.44. The summed E-state index contributed by atoms with van der Waals surface area (Å²) in [5.41, 5.74) is 6.89. The van der Waals surface area contributed by atoms with Crippen LogP contribution in [-0.4, -0.2) is 52.8 Å². The van der Waals surface area contributed by atoms with Gasteiger partial charge in [0.25, 0.3) is 5.69 Å². The first-order valence-corrected chi connectivity index (χ1v) is 8.84. The minimum Gasteiger partial charge on any atom is -0.368 e. The number of amides is 3. The number of nitro benzene ring substituents is 1. The molecular weight excluding hydrogens is 362 g/mol. The second-order valence-electron chi connectivity index (χ2n) is 6.47. The van der Waals surface area contributed by atoms with E-state index in [0.717, 1.165) is 5.56 Å². The van der Waals surface area contributed by atoms with Gasteiger partial charge >= 0.3 is 6.03 Å². The highest BCUT2D eigenvalue weighted by atomic mass is 16.6. The number of carbonyl (C=O) groups is 2. The zero-order chi connectivity index (χ0) is 20.1.